The van der Waals surface area contributed by atoms with Crippen LogP contribution in [0.1, 0.15) is 11.1 Å². The summed E-state index contributed by atoms with van der Waals surface area (Å²) in [5.41, 5.74) is 1.69. The Bertz CT molecular complexity index is 205. The van der Waals surface area contributed by atoms with Gasteiger partial charge >= 0.3 is 0 Å². The van der Waals surface area contributed by atoms with Gasteiger partial charge in [-0.25, -0.2) is 4.39 Å². The molecule has 1 aromatic carbocycles. The summed E-state index contributed by atoms with van der Waals surface area (Å²) in [5.74, 6) is -0.185. The van der Waals surface area contributed by atoms with Crippen molar-refractivity contribution in [2.24, 2.45) is 0 Å². The van der Waals surface area contributed by atoms with Crippen molar-refractivity contribution in [1.29, 1.82) is 0 Å². The van der Waals surface area contributed by atoms with Crippen molar-refractivity contribution in [2.45, 2.75) is 18.7 Å². The normalized spacial score (nSPS) is 10.0. The van der Waals surface area contributed by atoms with Crippen molar-refractivity contribution in [1.82, 2.24) is 0 Å². The lowest BCUT2D eigenvalue weighted by molar-refractivity contribution is 0.614. The van der Waals surface area contributed by atoms with E-state index in [1.165, 1.54) is 6.07 Å². The minimum absolute atomic E-state index is 0.185. The Labute approximate surface area is 65.5 Å². The zero-order valence-corrected chi connectivity index (χ0v) is 6.87. The van der Waals surface area contributed by atoms with Crippen molar-refractivity contribution in [3.8, 4) is 0 Å². The van der Waals surface area contributed by atoms with E-state index in [2.05, 4.69) is 12.6 Å². The van der Waals surface area contributed by atoms with Crippen LogP contribution in [0, 0.1) is 19.7 Å². The van der Waals surface area contributed by atoms with Crippen molar-refractivity contribution < 1.29 is 4.39 Å². The number of rotatable bonds is 0. The van der Waals surface area contributed by atoms with E-state index in [9.17, 15) is 4.39 Å². The van der Waals surface area contributed by atoms with Crippen molar-refractivity contribution in [3.63, 3.8) is 0 Å². The van der Waals surface area contributed by atoms with E-state index in [1.54, 1.807) is 13.0 Å². The van der Waals surface area contributed by atoms with Gasteiger partial charge in [0.15, 0.2) is 0 Å². The maximum Gasteiger partial charge on any atom is 0.127 e. The molecule has 1 rings (SSSR count). The summed E-state index contributed by atoms with van der Waals surface area (Å²) in [5, 5.41) is 0. The fourth-order valence-corrected chi connectivity index (χ4v) is 0.993. The van der Waals surface area contributed by atoms with Gasteiger partial charge in [-0.05, 0) is 31.0 Å². The highest BCUT2D eigenvalue weighted by Crippen LogP contribution is 2.17. The number of benzene rings is 1. The third kappa shape index (κ3) is 1.32. The third-order valence-corrected chi connectivity index (χ3v) is 1.96. The number of aryl methyl sites for hydroxylation is 2. The largest absolute Gasteiger partial charge is 0.207 e. The minimum atomic E-state index is -0.185. The molecule has 0 fully saturated rings. The molecule has 0 nitrogen and oxygen atoms in total. The maximum absolute atomic E-state index is 12.7. The first-order valence-electron chi connectivity index (χ1n) is 3.07. The molecule has 0 saturated heterocycles. The number of halogens is 1. The SMILES string of the molecule is Cc1cc(C)c(S)cc1F. The highest BCUT2D eigenvalue weighted by Gasteiger charge is 1.99. The molecule has 0 unspecified atom stereocenters. The summed E-state index contributed by atoms with van der Waals surface area (Å²) in [6, 6.07) is 3.23. The zero-order valence-electron chi connectivity index (χ0n) is 5.98. The lowest BCUT2D eigenvalue weighted by atomic mass is 10.1. The monoisotopic (exact) mass is 156 g/mol. The quantitative estimate of drug-likeness (QED) is 0.548. The van der Waals surface area contributed by atoms with Crippen LogP contribution < -0.4 is 0 Å². The average Bonchev–Trinajstić information content (AvgIpc) is 1.84. The predicted molar refractivity (Wildman–Crippen MR) is 43.1 cm³/mol. The van der Waals surface area contributed by atoms with Gasteiger partial charge in [0, 0.05) is 4.90 Å². The van der Waals surface area contributed by atoms with Gasteiger partial charge in [-0.2, -0.15) is 0 Å². The lowest BCUT2D eigenvalue weighted by Crippen LogP contribution is -1.84. The van der Waals surface area contributed by atoms with Crippen molar-refractivity contribution in [2.75, 3.05) is 0 Å². The molecule has 0 atom stereocenters. The van der Waals surface area contributed by atoms with Crippen LogP contribution in [0.5, 0.6) is 0 Å². The second-order valence-corrected chi connectivity index (χ2v) is 2.87. The Morgan fingerprint density at radius 1 is 1.20 bits per heavy atom. The molecule has 0 heterocycles. The summed E-state index contributed by atoms with van der Waals surface area (Å²) in [6.07, 6.45) is 0. The Hall–Kier alpha value is -0.500. The Kier molecular flexibility index (Phi) is 2.00. The van der Waals surface area contributed by atoms with Crippen molar-refractivity contribution >= 4 is 12.6 Å². The van der Waals surface area contributed by atoms with Gasteiger partial charge < -0.3 is 0 Å². The first-order valence-corrected chi connectivity index (χ1v) is 3.51. The van der Waals surface area contributed by atoms with Gasteiger partial charge in [-0.3, -0.25) is 0 Å². The summed E-state index contributed by atoms with van der Waals surface area (Å²) in [4.78, 5) is 0.711. The molecule has 54 valence electrons. The van der Waals surface area contributed by atoms with Crippen LogP contribution in [0.3, 0.4) is 0 Å². The van der Waals surface area contributed by atoms with Crippen LogP contribution in [0.2, 0.25) is 0 Å². The molecule has 0 radical (unpaired) electrons. The van der Waals surface area contributed by atoms with Crippen LogP contribution in [0.4, 0.5) is 4.39 Å². The molecule has 0 N–H and O–H groups in total. The molecular weight excluding hydrogens is 147 g/mol. The Balaban J connectivity index is 3.28. The van der Waals surface area contributed by atoms with Gasteiger partial charge in [-0.15, -0.1) is 12.6 Å². The summed E-state index contributed by atoms with van der Waals surface area (Å²) in [6.45, 7) is 3.66. The molecule has 0 spiro atoms. The summed E-state index contributed by atoms with van der Waals surface area (Å²) in [7, 11) is 0. The third-order valence-electron chi connectivity index (χ3n) is 1.48. The zero-order chi connectivity index (χ0) is 7.72. The van der Waals surface area contributed by atoms with E-state index >= 15 is 0 Å². The first-order chi connectivity index (χ1) is 4.61. The van der Waals surface area contributed by atoms with E-state index in [-0.39, 0.29) is 5.82 Å². The Morgan fingerprint density at radius 2 is 1.80 bits per heavy atom. The average molecular weight is 156 g/mol. The second-order valence-electron chi connectivity index (χ2n) is 2.39. The lowest BCUT2D eigenvalue weighted by Gasteiger charge is -2.00. The first kappa shape index (κ1) is 7.61. The van der Waals surface area contributed by atoms with Gasteiger partial charge in [0.1, 0.15) is 5.82 Å². The molecule has 0 aliphatic heterocycles. The standard InChI is InChI=1S/C8H9FS/c1-5-3-6(2)8(10)4-7(5)9/h3-4,10H,1-2H3. The molecule has 0 amide bonds. The number of thiol groups is 1. The van der Waals surface area contributed by atoms with Gasteiger partial charge in [0.05, 0.1) is 0 Å². The molecule has 0 aliphatic rings. The highest BCUT2D eigenvalue weighted by atomic mass is 32.1. The van der Waals surface area contributed by atoms with Crippen LogP contribution in [-0.2, 0) is 0 Å². The fraction of sp³-hybridized carbons (Fsp3) is 0.250. The van der Waals surface area contributed by atoms with E-state index in [4.69, 9.17) is 0 Å². The molecule has 0 aromatic heterocycles. The van der Waals surface area contributed by atoms with E-state index < -0.39 is 0 Å². The molecule has 10 heavy (non-hydrogen) atoms. The van der Waals surface area contributed by atoms with Crippen LogP contribution in [0.15, 0.2) is 17.0 Å². The van der Waals surface area contributed by atoms with E-state index in [0.29, 0.717) is 10.5 Å². The molecule has 0 saturated carbocycles. The predicted octanol–water partition coefficient (Wildman–Crippen LogP) is 2.73. The number of hydrogen-bond acceptors (Lipinski definition) is 1. The van der Waals surface area contributed by atoms with Crippen molar-refractivity contribution in [3.05, 3.63) is 29.1 Å². The summed E-state index contributed by atoms with van der Waals surface area (Å²) >= 11 is 4.07. The molecule has 0 bridgehead atoms. The summed E-state index contributed by atoms with van der Waals surface area (Å²) < 4.78 is 12.7. The van der Waals surface area contributed by atoms with E-state index in [0.717, 1.165) is 5.56 Å². The topological polar surface area (TPSA) is 0 Å². The van der Waals surface area contributed by atoms with Gasteiger partial charge in [-0.1, -0.05) is 6.07 Å². The molecule has 2 heteroatoms. The number of hydrogen-bond donors (Lipinski definition) is 1. The maximum atomic E-state index is 12.7. The minimum Gasteiger partial charge on any atom is -0.207 e. The Morgan fingerprint density at radius 3 is 2.30 bits per heavy atom. The van der Waals surface area contributed by atoms with Gasteiger partial charge in [0.2, 0.25) is 0 Å². The fourth-order valence-electron chi connectivity index (χ4n) is 0.815. The van der Waals surface area contributed by atoms with Crippen LogP contribution >= 0.6 is 12.6 Å². The van der Waals surface area contributed by atoms with Gasteiger partial charge in [0.25, 0.3) is 0 Å². The molecule has 0 aliphatic carbocycles. The smallest absolute Gasteiger partial charge is 0.127 e. The molecule has 1 aromatic rings. The van der Waals surface area contributed by atoms with Crippen LogP contribution in [0.25, 0.3) is 0 Å². The van der Waals surface area contributed by atoms with E-state index in [1.807, 2.05) is 6.92 Å². The second kappa shape index (κ2) is 2.62. The van der Waals surface area contributed by atoms with Crippen LogP contribution in [-0.4, -0.2) is 0 Å². The highest BCUT2D eigenvalue weighted by molar-refractivity contribution is 7.80. The molecular formula is C8H9FS.